The molecule has 1 aliphatic rings. The van der Waals surface area contributed by atoms with Crippen LogP contribution in [0.2, 0.25) is 0 Å². The molecule has 2 aromatic rings. The third-order valence-electron chi connectivity index (χ3n) is 3.64. The topological polar surface area (TPSA) is 51.5 Å². The van der Waals surface area contributed by atoms with Crippen molar-refractivity contribution in [1.29, 1.82) is 0 Å². The minimum atomic E-state index is -0.0970. The summed E-state index contributed by atoms with van der Waals surface area (Å²) in [5.41, 5.74) is 0.735. The normalized spacial score (nSPS) is 27.8. The molecule has 2 atom stereocenters. The first-order chi connectivity index (χ1) is 8.58. The van der Waals surface area contributed by atoms with E-state index < -0.39 is 0 Å². The van der Waals surface area contributed by atoms with E-state index in [0.717, 1.165) is 29.1 Å². The maximum absolute atomic E-state index is 5.64. The Bertz CT molecular complexity index is 584. The summed E-state index contributed by atoms with van der Waals surface area (Å²) in [5.74, 6) is 0.786. The first kappa shape index (κ1) is 11.9. The Morgan fingerprint density at radius 2 is 2.44 bits per heavy atom. The molecule has 6 heteroatoms. The summed E-state index contributed by atoms with van der Waals surface area (Å²) in [5, 5.41) is 3.49. The van der Waals surface area contributed by atoms with E-state index in [4.69, 9.17) is 4.74 Å². The number of ether oxygens (including phenoxy) is 1. The lowest BCUT2D eigenvalue weighted by Gasteiger charge is -2.29. The fourth-order valence-electron chi connectivity index (χ4n) is 2.25. The van der Waals surface area contributed by atoms with Crippen molar-refractivity contribution in [3.63, 3.8) is 0 Å². The van der Waals surface area contributed by atoms with Gasteiger partial charge in [0.1, 0.15) is 4.60 Å². The first-order valence-electron chi connectivity index (χ1n) is 5.97. The SMILES string of the molecule is CC1OCCC1(C)Nc1nc(Br)cn2ccnc12. The van der Waals surface area contributed by atoms with Crippen LogP contribution in [0.4, 0.5) is 5.82 Å². The Morgan fingerprint density at radius 1 is 1.61 bits per heavy atom. The van der Waals surface area contributed by atoms with Crippen LogP contribution in [0.1, 0.15) is 20.3 Å². The van der Waals surface area contributed by atoms with Crippen molar-refractivity contribution in [1.82, 2.24) is 14.4 Å². The van der Waals surface area contributed by atoms with Crippen molar-refractivity contribution in [3.8, 4) is 0 Å². The van der Waals surface area contributed by atoms with Gasteiger partial charge in [0.2, 0.25) is 0 Å². The Kier molecular flexibility index (Phi) is 2.79. The number of hydrogen-bond acceptors (Lipinski definition) is 4. The predicted molar refractivity (Wildman–Crippen MR) is 72.7 cm³/mol. The second-order valence-electron chi connectivity index (χ2n) is 4.88. The number of imidazole rings is 1. The molecule has 1 aliphatic heterocycles. The summed E-state index contributed by atoms with van der Waals surface area (Å²) < 4.78 is 8.37. The van der Waals surface area contributed by atoms with E-state index in [-0.39, 0.29) is 11.6 Å². The van der Waals surface area contributed by atoms with Gasteiger partial charge in [0.15, 0.2) is 11.5 Å². The van der Waals surface area contributed by atoms with E-state index in [1.807, 2.05) is 16.8 Å². The van der Waals surface area contributed by atoms with Crippen molar-refractivity contribution in [2.75, 3.05) is 11.9 Å². The molecule has 0 amide bonds. The highest BCUT2D eigenvalue weighted by Gasteiger charge is 2.37. The first-order valence-corrected chi connectivity index (χ1v) is 6.77. The zero-order valence-electron chi connectivity index (χ0n) is 10.4. The molecule has 0 spiro atoms. The van der Waals surface area contributed by atoms with Gasteiger partial charge in [-0.2, -0.15) is 0 Å². The average molecular weight is 311 g/mol. The van der Waals surface area contributed by atoms with E-state index >= 15 is 0 Å². The molecule has 0 aromatic carbocycles. The van der Waals surface area contributed by atoms with Gasteiger partial charge in [0, 0.05) is 25.2 Å². The van der Waals surface area contributed by atoms with Gasteiger partial charge in [-0.1, -0.05) is 0 Å². The average Bonchev–Trinajstić information content (AvgIpc) is 2.87. The lowest BCUT2D eigenvalue weighted by Crippen LogP contribution is -2.41. The van der Waals surface area contributed by atoms with Crippen molar-refractivity contribution in [3.05, 3.63) is 23.2 Å². The second kappa shape index (κ2) is 4.20. The molecule has 18 heavy (non-hydrogen) atoms. The number of hydrogen-bond donors (Lipinski definition) is 1. The van der Waals surface area contributed by atoms with Crippen LogP contribution in [-0.4, -0.2) is 32.6 Å². The molecule has 3 heterocycles. The zero-order valence-corrected chi connectivity index (χ0v) is 11.9. The van der Waals surface area contributed by atoms with Crippen molar-refractivity contribution in [2.45, 2.75) is 31.9 Å². The number of nitrogens with zero attached hydrogens (tertiary/aromatic N) is 3. The Labute approximate surface area is 114 Å². The molecule has 5 nitrogen and oxygen atoms in total. The number of rotatable bonds is 2. The molecule has 1 N–H and O–H groups in total. The highest BCUT2D eigenvalue weighted by atomic mass is 79.9. The van der Waals surface area contributed by atoms with Crippen LogP contribution in [0.5, 0.6) is 0 Å². The number of fused-ring (bicyclic) bond motifs is 1. The van der Waals surface area contributed by atoms with E-state index in [9.17, 15) is 0 Å². The number of nitrogens with one attached hydrogen (secondary N) is 1. The quantitative estimate of drug-likeness (QED) is 0.926. The molecule has 0 aliphatic carbocycles. The molecule has 0 saturated carbocycles. The number of halogens is 1. The van der Waals surface area contributed by atoms with Gasteiger partial charge in [0.05, 0.1) is 11.6 Å². The molecule has 1 fully saturated rings. The maximum Gasteiger partial charge on any atom is 0.180 e. The van der Waals surface area contributed by atoms with Crippen molar-refractivity contribution in [2.24, 2.45) is 0 Å². The van der Waals surface area contributed by atoms with Crippen LogP contribution < -0.4 is 5.32 Å². The van der Waals surface area contributed by atoms with Crippen molar-refractivity contribution < 1.29 is 4.74 Å². The van der Waals surface area contributed by atoms with Gasteiger partial charge < -0.3 is 14.5 Å². The highest BCUT2D eigenvalue weighted by molar-refractivity contribution is 9.10. The second-order valence-corrected chi connectivity index (χ2v) is 5.69. The van der Waals surface area contributed by atoms with Gasteiger partial charge >= 0.3 is 0 Å². The molecule has 2 aromatic heterocycles. The summed E-state index contributed by atoms with van der Waals surface area (Å²) >= 11 is 3.42. The molecule has 1 saturated heterocycles. The smallest absolute Gasteiger partial charge is 0.180 e. The lowest BCUT2D eigenvalue weighted by molar-refractivity contribution is 0.105. The molecular weight excluding hydrogens is 296 g/mol. The molecule has 2 unspecified atom stereocenters. The van der Waals surface area contributed by atoms with Crippen LogP contribution >= 0.6 is 15.9 Å². The molecule has 0 bridgehead atoms. The van der Waals surface area contributed by atoms with E-state index in [1.54, 1.807) is 6.20 Å². The predicted octanol–water partition coefficient (Wildman–Crippen LogP) is 2.47. The Morgan fingerprint density at radius 3 is 3.17 bits per heavy atom. The molecular formula is C12H15BrN4O. The fourth-order valence-corrected chi connectivity index (χ4v) is 2.65. The van der Waals surface area contributed by atoms with Crippen LogP contribution in [0, 0.1) is 0 Å². The van der Waals surface area contributed by atoms with Gasteiger partial charge in [-0.15, -0.1) is 0 Å². The van der Waals surface area contributed by atoms with Gasteiger partial charge in [-0.25, -0.2) is 9.97 Å². The summed E-state index contributed by atoms with van der Waals surface area (Å²) in [4.78, 5) is 8.82. The van der Waals surface area contributed by atoms with E-state index in [0.29, 0.717) is 0 Å². The molecule has 0 radical (unpaired) electrons. The van der Waals surface area contributed by atoms with Crippen molar-refractivity contribution >= 4 is 27.4 Å². The zero-order chi connectivity index (χ0) is 12.8. The third kappa shape index (κ3) is 1.89. The minimum Gasteiger partial charge on any atom is -0.376 e. The summed E-state index contributed by atoms with van der Waals surface area (Å²) in [7, 11) is 0. The largest absolute Gasteiger partial charge is 0.376 e. The summed E-state index contributed by atoms with van der Waals surface area (Å²) in [6, 6.07) is 0. The lowest BCUT2D eigenvalue weighted by atomic mass is 9.95. The van der Waals surface area contributed by atoms with Crippen LogP contribution in [-0.2, 0) is 4.74 Å². The highest BCUT2D eigenvalue weighted by Crippen LogP contribution is 2.30. The number of anilines is 1. The number of aromatic nitrogens is 3. The Balaban J connectivity index is 2.01. The van der Waals surface area contributed by atoms with Gasteiger partial charge in [0.25, 0.3) is 0 Å². The summed E-state index contributed by atoms with van der Waals surface area (Å²) in [6.07, 6.45) is 6.70. The fraction of sp³-hybridized carbons (Fsp3) is 0.500. The van der Waals surface area contributed by atoms with Crippen LogP contribution in [0.25, 0.3) is 5.65 Å². The summed E-state index contributed by atoms with van der Waals surface area (Å²) in [6.45, 7) is 5.02. The van der Waals surface area contributed by atoms with E-state index in [1.165, 1.54) is 0 Å². The van der Waals surface area contributed by atoms with Crippen LogP contribution in [0.15, 0.2) is 23.2 Å². The standard InChI is InChI=1S/C12H15BrN4O/c1-8-12(2,3-6-18-8)16-10-11-14-4-5-17(11)7-9(13)15-10/h4-5,7-8H,3,6H2,1-2H3,(H,15,16). The van der Waals surface area contributed by atoms with Gasteiger partial charge in [-0.3, -0.25) is 0 Å². The Hall–Kier alpha value is -1.14. The monoisotopic (exact) mass is 310 g/mol. The molecule has 96 valence electrons. The van der Waals surface area contributed by atoms with Crippen LogP contribution in [0.3, 0.4) is 0 Å². The maximum atomic E-state index is 5.64. The van der Waals surface area contributed by atoms with E-state index in [2.05, 4.69) is 45.1 Å². The molecule has 3 rings (SSSR count). The third-order valence-corrected chi connectivity index (χ3v) is 4.02. The van der Waals surface area contributed by atoms with Gasteiger partial charge in [-0.05, 0) is 36.2 Å². The minimum absolute atomic E-state index is 0.0970.